The van der Waals surface area contributed by atoms with Crippen LogP contribution in [-0.2, 0) is 6.42 Å². The lowest BCUT2D eigenvalue weighted by atomic mass is 10.1. The molecule has 0 radical (unpaired) electrons. The molecule has 2 rings (SSSR count). The molecule has 120 valence electrons. The van der Waals surface area contributed by atoms with Gasteiger partial charge in [0.2, 0.25) is 0 Å². The number of nitrogens with one attached hydrogen (secondary N) is 1. The highest BCUT2D eigenvalue weighted by atomic mass is 32.1. The van der Waals surface area contributed by atoms with Crippen LogP contribution in [0.4, 0.5) is 0 Å². The third-order valence-corrected chi connectivity index (χ3v) is 4.81. The summed E-state index contributed by atoms with van der Waals surface area (Å²) in [6.07, 6.45) is 3.79. The van der Waals surface area contributed by atoms with E-state index in [0.29, 0.717) is 6.54 Å². The molecule has 1 N–H and O–H groups in total. The van der Waals surface area contributed by atoms with Gasteiger partial charge in [0.05, 0.1) is 17.2 Å². The minimum absolute atomic E-state index is 0.00569. The van der Waals surface area contributed by atoms with E-state index in [1.54, 1.807) is 17.6 Å². The standard InChI is InChI=1S/C17H24N2O2S/c1-5-7-13-10-16(22-12(13)2)17(20)18-11-14(19(3)4)15-8-6-9-21-15/h6,8-10,14H,5,7,11H2,1-4H3,(H,18,20). The van der Waals surface area contributed by atoms with Gasteiger partial charge in [-0.25, -0.2) is 0 Å². The van der Waals surface area contributed by atoms with Crippen molar-refractivity contribution in [2.24, 2.45) is 0 Å². The van der Waals surface area contributed by atoms with Crippen molar-refractivity contribution in [2.75, 3.05) is 20.6 Å². The SMILES string of the molecule is CCCc1cc(C(=O)NCC(c2ccco2)N(C)C)sc1C. The molecular weight excluding hydrogens is 296 g/mol. The smallest absolute Gasteiger partial charge is 0.261 e. The van der Waals surface area contributed by atoms with Crippen molar-refractivity contribution in [1.29, 1.82) is 0 Å². The number of thiophene rings is 1. The minimum Gasteiger partial charge on any atom is -0.468 e. The molecule has 2 aromatic heterocycles. The fourth-order valence-electron chi connectivity index (χ4n) is 2.44. The van der Waals surface area contributed by atoms with Gasteiger partial charge in [0, 0.05) is 11.4 Å². The highest BCUT2D eigenvalue weighted by molar-refractivity contribution is 7.14. The highest BCUT2D eigenvalue weighted by Gasteiger charge is 2.19. The predicted octanol–water partition coefficient (Wildman–Crippen LogP) is 3.63. The highest BCUT2D eigenvalue weighted by Crippen LogP contribution is 2.23. The Bertz CT molecular complexity index is 602. The molecule has 1 unspecified atom stereocenters. The molecule has 0 saturated heterocycles. The third-order valence-electron chi connectivity index (χ3n) is 3.71. The van der Waals surface area contributed by atoms with Crippen LogP contribution < -0.4 is 5.32 Å². The summed E-state index contributed by atoms with van der Waals surface area (Å²) in [7, 11) is 3.96. The van der Waals surface area contributed by atoms with Gasteiger partial charge < -0.3 is 9.73 Å². The first-order valence-corrected chi connectivity index (χ1v) is 8.42. The number of aryl methyl sites for hydroxylation is 2. The minimum atomic E-state index is -0.00569. The van der Waals surface area contributed by atoms with Gasteiger partial charge in [-0.2, -0.15) is 0 Å². The van der Waals surface area contributed by atoms with Crippen LogP contribution in [0.1, 0.15) is 45.3 Å². The fourth-order valence-corrected chi connectivity index (χ4v) is 3.43. The molecule has 4 nitrogen and oxygen atoms in total. The summed E-state index contributed by atoms with van der Waals surface area (Å²) >= 11 is 1.57. The predicted molar refractivity (Wildman–Crippen MR) is 90.5 cm³/mol. The molecule has 22 heavy (non-hydrogen) atoms. The van der Waals surface area contributed by atoms with E-state index in [2.05, 4.69) is 19.2 Å². The van der Waals surface area contributed by atoms with Crippen molar-refractivity contribution in [3.8, 4) is 0 Å². The molecule has 0 aromatic carbocycles. The summed E-state index contributed by atoms with van der Waals surface area (Å²) in [4.78, 5) is 16.4. The number of amides is 1. The molecule has 0 spiro atoms. The number of furan rings is 1. The summed E-state index contributed by atoms with van der Waals surface area (Å²) in [6.45, 7) is 4.76. The number of nitrogens with zero attached hydrogens (tertiary/aromatic N) is 1. The van der Waals surface area contributed by atoms with Gasteiger partial charge in [0.1, 0.15) is 5.76 Å². The topological polar surface area (TPSA) is 45.5 Å². The van der Waals surface area contributed by atoms with E-state index in [1.165, 1.54) is 10.4 Å². The second kappa shape index (κ2) is 7.61. The number of hydrogen-bond acceptors (Lipinski definition) is 4. The molecule has 2 aromatic rings. The molecule has 0 aliphatic heterocycles. The van der Waals surface area contributed by atoms with Crippen LogP contribution in [0.2, 0.25) is 0 Å². The Kier molecular flexibility index (Phi) is 5.80. The zero-order valence-corrected chi connectivity index (χ0v) is 14.5. The van der Waals surface area contributed by atoms with Crippen molar-refractivity contribution >= 4 is 17.2 Å². The van der Waals surface area contributed by atoms with Crippen molar-refractivity contribution in [3.63, 3.8) is 0 Å². The van der Waals surface area contributed by atoms with E-state index in [9.17, 15) is 4.79 Å². The summed E-state index contributed by atoms with van der Waals surface area (Å²) < 4.78 is 5.46. The van der Waals surface area contributed by atoms with Crippen molar-refractivity contribution in [2.45, 2.75) is 32.7 Å². The molecule has 0 aliphatic rings. The summed E-state index contributed by atoms with van der Waals surface area (Å²) in [5.41, 5.74) is 1.29. The van der Waals surface area contributed by atoms with Gasteiger partial charge in [-0.1, -0.05) is 13.3 Å². The lowest BCUT2D eigenvalue weighted by molar-refractivity contribution is 0.0943. The van der Waals surface area contributed by atoms with Gasteiger partial charge in [0.25, 0.3) is 5.91 Å². The number of carbonyl (C=O) groups excluding carboxylic acids is 1. The van der Waals surface area contributed by atoms with Gasteiger partial charge in [-0.05, 0) is 51.2 Å². The molecule has 0 aliphatic carbocycles. The van der Waals surface area contributed by atoms with E-state index < -0.39 is 0 Å². The van der Waals surface area contributed by atoms with E-state index in [0.717, 1.165) is 23.5 Å². The second-order valence-electron chi connectivity index (χ2n) is 5.65. The van der Waals surface area contributed by atoms with Crippen LogP contribution in [0.25, 0.3) is 0 Å². The van der Waals surface area contributed by atoms with E-state index in [-0.39, 0.29) is 11.9 Å². The van der Waals surface area contributed by atoms with Crippen molar-refractivity contribution < 1.29 is 9.21 Å². The second-order valence-corrected chi connectivity index (χ2v) is 6.90. The first kappa shape index (κ1) is 16.8. The third kappa shape index (κ3) is 3.99. The number of hydrogen-bond donors (Lipinski definition) is 1. The van der Waals surface area contributed by atoms with Crippen LogP contribution in [0, 0.1) is 6.92 Å². The first-order valence-electron chi connectivity index (χ1n) is 7.60. The zero-order chi connectivity index (χ0) is 16.1. The van der Waals surface area contributed by atoms with Crippen LogP contribution in [0.15, 0.2) is 28.9 Å². The Morgan fingerprint density at radius 1 is 1.45 bits per heavy atom. The molecular formula is C17H24N2O2S. The van der Waals surface area contributed by atoms with Gasteiger partial charge >= 0.3 is 0 Å². The Balaban J connectivity index is 2.01. The summed E-state index contributed by atoms with van der Waals surface area (Å²) in [5.74, 6) is 0.855. The van der Waals surface area contributed by atoms with Crippen LogP contribution >= 0.6 is 11.3 Å². The Labute approximate surface area is 136 Å². The number of carbonyl (C=O) groups is 1. The van der Waals surface area contributed by atoms with Gasteiger partial charge in [-0.15, -0.1) is 11.3 Å². The maximum atomic E-state index is 12.4. The average molecular weight is 320 g/mol. The lowest BCUT2D eigenvalue weighted by Crippen LogP contribution is -2.34. The van der Waals surface area contributed by atoms with Crippen LogP contribution in [0.5, 0.6) is 0 Å². The molecule has 0 fully saturated rings. The van der Waals surface area contributed by atoms with Gasteiger partial charge in [-0.3, -0.25) is 9.69 Å². The summed E-state index contributed by atoms with van der Waals surface area (Å²) in [6, 6.07) is 5.87. The van der Waals surface area contributed by atoms with Crippen LogP contribution in [-0.4, -0.2) is 31.4 Å². The maximum absolute atomic E-state index is 12.4. The van der Waals surface area contributed by atoms with E-state index in [1.807, 2.05) is 37.2 Å². The average Bonchev–Trinajstić information content (AvgIpc) is 3.10. The fraction of sp³-hybridized carbons (Fsp3) is 0.471. The lowest BCUT2D eigenvalue weighted by Gasteiger charge is -2.22. The van der Waals surface area contributed by atoms with Crippen molar-refractivity contribution in [3.05, 3.63) is 45.5 Å². The Morgan fingerprint density at radius 3 is 2.82 bits per heavy atom. The molecule has 2 heterocycles. The maximum Gasteiger partial charge on any atom is 0.261 e. The largest absolute Gasteiger partial charge is 0.468 e. The normalized spacial score (nSPS) is 12.6. The Hall–Kier alpha value is -1.59. The monoisotopic (exact) mass is 320 g/mol. The van der Waals surface area contributed by atoms with Gasteiger partial charge in [0.15, 0.2) is 0 Å². The molecule has 0 bridgehead atoms. The molecule has 5 heteroatoms. The first-order chi connectivity index (χ1) is 10.5. The van der Waals surface area contributed by atoms with Crippen LogP contribution in [0.3, 0.4) is 0 Å². The quantitative estimate of drug-likeness (QED) is 0.847. The molecule has 1 amide bonds. The van der Waals surface area contributed by atoms with E-state index in [4.69, 9.17) is 4.42 Å². The number of rotatable bonds is 7. The number of likely N-dealkylation sites (N-methyl/N-ethyl adjacent to an activating group) is 1. The zero-order valence-electron chi connectivity index (χ0n) is 13.7. The van der Waals surface area contributed by atoms with E-state index >= 15 is 0 Å². The summed E-state index contributed by atoms with van der Waals surface area (Å²) in [5, 5.41) is 3.02. The van der Waals surface area contributed by atoms with Crippen molar-refractivity contribution in [1.82, 2.24) is 10.2 Å². The molecule has 1 atom stereocenters. The molecule has 0 saturated carbocycles. The Morgan fingerprint density at radius 2 is 2.23 bits per heavy atom.